The van der Waals surface area contributed by atoms with E-state index in [2.05, 4.69) is 30.4 Å². The molecule has 1 aromatic carbocycles. The van der Waals surface area contributed by atoms with E-state index in [0.29, 0.717) is 6.04 Å². The van der Waals surface area contributed by atoms with Gasteiger partial charge in [-0.15, -0.1) is 0 Å². The molecule has 2 atom stereocenters. The quantitative estimate of drug-likeness (QED) is 0.924. The SMILES string of the molecule is CCCNC1CCOC2(CCc3ccc(OC)cc3C2)C1. The maximum Gasteiger partial charge on any atom is 0.119 e. The van der Waals surface area contributed by atoms with Gasteiger partial charge >= 0.3 is 0 Å². The Bertz CT molecular complexity index is 488. The van der Waals surface area contributed by atoms with Crippen LogP contribution in [0, 0.1) is 0 Å². The minimum atomic E-state index is 0.0447. The zero-order valence-corrected chi connectivity index (χ0v) is 13.3. The maximum atomic E-state index is 6.27. The largest absolute Gasteiger partial charge is 0.497 e. The highest BCUT2D eigenvalue weighted by molar-refractivity contribution is 5.38. The highest BCUT2D eigenvalue weighted by Gasteiger charge is 2.40. The Morgan fingerprint density at radius 2 is 2.29 bits per heavy atom. The molecular formula is C18H27NO2. The van der Waals surface area contributed by atoms with Gasteiger partial charge in [0.2, 0.25) is 0 Å². The Balaban J connectivity index is 1.74. The number of benzene rings is 1. The first kappa shape index (κ1) is 14.9. The van der Waals surface area contributed by atoms with Crippen LogP contribution >= 0.6 is 0 Å². The van der Waals surface area contributed by atoms with E-state index in [1.165, 1.54) is 17.5 Å². The van der Waals surface area contributed by atoms with Crippen LogP contribution in [0.15, 0.2) is 18.2 Å². The fraction of sp³-hybridized carbons (Fsp3) is 0.667. The van der Waals surface area contributed by atoms with Gasteiger partial charge in [-0.3, -0.25) is 0 Å². The highest BCUT2D eigenvalue weighted by Crippen LogP contribution is 2.39. The van der Waals surface area contributed by atoms with Crippen LogP contribution in [0.4, 0.5) is 0 Å². The molecule has 1 heterocycles. The van der Waals surface area contributed by atoms with Crippen molar-refractivity contribution in [1.82, 2.24) is 5.32 Å². The number of rotatable bonds is 4. The van der Waals surface area contributed by atoms with Crippen molar-refractivity contribution in [1.29, 1.82) is 0 Å². The van der Waals surface area contributed by atoms with Crippen molar-refractivity contribution in [2.75, 3.05) is 20.3 Å². The summed E-state index contributed by atoms with van der Waals surface area (Å²) in [4.78, 5) is 0. The third-order valence-electron chi connectivity index (χ3n) is 4.95. The van der Waals surface area contributed by atoms with Gasteiger partial charge in [0, 0.05) is 19.1 Å². The van der Waals surface area contributed by atoms with Crippen molar-refractivity contribution < 1.29 is 9.47 Å². The number of ether oxygens (including phenoxy) is 2. The Kier molecular flexibility index (Phi) is 4.51. The molecule has 21 heavy (non-hydrogen) atoms. The van der Waals surface area contributed by atoms with Crippen molar-refractivity contribution in [3.05, 3.63) is 29.3 Å². The molecule has 1 fully saturated rings. The molecule has 116 valence electrons. The number of hydrogen-bond donors (Lipinski definition) is 1. The zero-order chi connectivity index (χ0) is 14.7. The molecule has 1 N–H and O–H groups in total. The fourth-order valence-electron chi connectivity index (χ4n) is 3.78. The van der Waals surface area contributed by atoms with Crippen molar-refractivity contribution in [3.63, 3.8) is 0 Å². The van der Waals surface area contributed by atoms with E-state index in [4.69, 9.17) is 9.47 Å². The summed E-state index contributed by atoms with van der Waals surface area (Å²) in [5.74, 6) is 0.960. The summed E-state index contributed by atoms with van der Waals surface area (Å²) < 4.78 is 11.6. The topological polar surface area (TPSA) is 30.5 Å². The second-order valence-corrected chi connectivity index (χ2v) is 6.49. The maximum absolute atomic E-state index is 6.27. The number of nitrogens with one attached hydrogen (secondary N) is 1. The smallest absolute Gasteiger partial charge is 0.119 e. The van der Waals surface area contributed by atoms with E-state index in [9.17, 15) is 0 Å². The summed E-state index contributed by atoms with van der Waals surface area (Å²) >= 11 is 0. The molecule has 1 aliphatic heterocycles. The summed E-state index contributed by atoms with van der Waals surface area (Å²) in [5, 5.41) is 3.68. The molecule has 0 amide bonds. The third kappa shape index (κ3) is 3.24. The van der Waals surface area contributed by atoms with Crippen LogP contribution in [0.2, 0.25) is 0 Å². The van der Waals surface area contributed by atoms with Crippen LogP contribution in [0.5, 0.6) is 5.75 Å². The van der Waals surface area contributed by atoms with Gasteiger partial charge in [0.05, 0.1) is 12.7 Å². The van der Waals surface area contributed by atoms with Crippen LogP contribution < -0.4 is 10.1 Å². The van der Waals surface area contributed by atoms with E-state index >= 15 is 0 Å². The summed E-state index contributed by atoms with van der Waals surface area (Å²) in [5.41, 5.74) is 2.92. The second kappa shape index (κ2) is 6.37. The predicted octanol–water partition coefficient (Wildman–Crippen LogP) is 3.10. The van der Waals surface area contributed by atoms with Crippen LogP contribution in [-0.4, -0.2) is 31.9 Å². The van der Waals surface area contributed by atoms with E-state index in [0.717, 1.165) is 51.0 Å². The van der Waals surface area contributed by atoms with Gasteiger partial charge < -0.3 is 14.8 Å². The lowest BCUT2D eigenvalue weighted by Crippen LogP contribution is -2.50. The minimum Gasteiger partial charge on any atom is -0.497 e. The lowest BCUT2D eigenvalue weighted by Gasteiger charge is -2.44. The summed E-state index contributed by atoms with van der Waals surface area (Å²) in [7, 11) is 1.74. The van der Waals surface area contributed by atoms with Crippen molar-refractivity contribution in [2.45, 2.75) is 57.1 Å². The third-order valence-corrected chi connectivity index (χ3v) is 4.95. The number of fused-ring (bicyclic) bond motifs is 1. The number of aryl methyl sites for hydroxylation is 1. The predicted molar refractivity (Wildman–Crippen MR) is 85.0 cm³/mol. The molecule has 2 aliphatic rings. The van der Waals surface area contributed by atoms with Crippen molar-refractivity contribution >= 4 is 0 Å². The van der Waals surface area contributed by atoms with Gasteiger partial charge in [-0.25, -0.2) is 0 Å². The van der Waals surface area contributed by atoms with Gasteiger partial charge in [-0.1, -0.05) is 13.0 Å². The zero-order valence-electron chi connectivity index (χ0n) is 13.3. The number of hydrogen-bond acceptors (Lipinski definition) is 3. The molecule has 0 aromatic heterocycles. The molecular weight excluding hydrogens is 262 g/mol. The van der Waals surface area contributed by atoms with E-state index < -0.39 is 0 Å². The Morgan fingerprint density at radius 3 is 3.10 bits per heavy atom. The average molecular weight is 289 g/mol. The first-order valence-electron chi connectivity index (χ1n) is 8.28. The van der Waals surface area contributed by atoms with Gasteiger partial charge in [-0.2, -0.15) is 0 Å². The van der Waals surface area contributed by atoms with Gasteiger partial charge in [0.15, 0.2) is 0 Å². The van der Waals surface area contributed by atoms with Crippen LogP contribution in [0.1, 0.15) is 43.7 Å². The lowest BCUT2D eigenvalue weighted by atomic mass is 9.75. The van der Waals surface area contributed by atoms with Crippen LogP contribution in [0.25, 0.3) is 0 Å². The van der Waals surface area contributed by atoms with Crippen molar-refractivity contribution in [2.24, 2.45) is 0 Å². The molecule has 0 bridgehead atoms. The van der Waals surface area contributed by atoms with Crippen molar-refractivity contribution in [3.8, 4) is 5.75 Å². The summed E-state index contributed by atoms with van der Waals surface area (Å²) in [6, 6.07) is 7.11. The van der Waals surface area contributed by atoms with Gasteiger partial charge in [-0.05, 0) is 61.9 Å². The minimum absolute atomic E-state index is 0.0447. The van der Waals surface area contributed by atoms with Crippen LogP contribution in [-0.2, 0) is 17.6 Å². The summed E-state index contributed by atoms with van der Waals surface area (Å²) in [6.45, 7) is 4.23. The Morgan fingerprint density at radius 1 is 1.38 bits per heavy atom. The molecule has 3 heteroatoms. The molecule has 0 radical (unpaired) electrons. The molecule has 1 spiro atoms. The highest BCUT2D eigenvalue weighted by atomic mass is 16.5. The van der Waals surface area contributed by atoms with E-state index in [-0.39, 0.29) is 5.60 Å². The number of methoxy groups -OCH3 is 1. The first-order chi connectivity index (χ1) is 10.2. The normalized spacial score (nSPS) is 28.4. The monoisotopic (exact) mass is 289 g/mol. The standard InChI is InChI=1S/C18H27NO2/c1-3-9-19-16-7-10-21-18(13-16)8-6-14-4-5-17(20-2)11-15(14)12-18/h4-5,11,16,19H,3,6-10,12-13H2,1-2H3. The van der Waals surface area contributed by atoms with Crippen LogP contribution in [0.3, 0.4) is 0 Å². The second-order valence-electron chi connectivity index (χ2n) is 6.49. The van der Waals surface area contributed by atoms with E-state index in [1.807, 2.05) is 0 Å². The van der Waals surface area contributed by atoms with E-state index in [1.54, 1.807) is 7.11 Å². The average Bonchev–Trinajstić information content (AvgIpc) is 2.52. The molecule has 1 saturated heterocycles. The molecule has 3 rings (SSSR count). The molecule has 1 aromatic rings. The molecule has 3 nitrogen and oxygen atoms in total. The lowest BCUT2D eigenvalue weighted by molar-refractivity contribution is -0.0961. The molecule has 2 unspecified atom stereocenters. The summed E-state index contributed by atoms with van der Waals surface area (Å²) in [6.07, 6.45) is 6.79. The van der Waals surface area contributed by atoms with Gasteiger partial charge in [0.1, 0.15) is 5.75 Å². The van der Waals surface area contributed by atoms with Gasteiger partial charge in [0.25, 0.3) is 0 Å². The fourth-order valence-corrected chi connectivity index (χ4v) is 3.78. The Hall–Kier alpha value is -1.06. The molecule has 1 aliphatic carbocycles. The molecule has 0 saturated carbocycles. The Labute approximate surface area is 128 Å². The first-order valence-corrected chi connectivity index (χ1v) is 8.28.